The molecule has 0 spiro atoms. The van der Waals surface area contributed by atoms with Crippen molar-refractivity contribution >= 4 is 39.5 Å². The summed E-state index contributed by atoms with van der Waals surface area (Å²) in [6.45, 7) is 0.691. The first-order valence-electron chi connectivity index (χ1n) is 9.59. The Kier molecular flexibility index (Phi) is 4.57. The number of benzene rings is 2. The second-order valence-electron chi connectivity index (χ2n) is 6.89. The summed E-state index contributed by atoms with van der Waals surface area (Å²) in [6.07, 6.45) is 4.08. The van der Waals surface area contributed by atoms with Gasteiger partial charge in [-0.05, 0) is 48.4 Å². The summed E-state index contributed by atoms with van der Waals surface area (Å²) in [5.41, 5.74) is 4.31. The molecule has 0 saturated heterocycles. The molecule has 0 amide bonds. The molecule has 0 atom stereocenters. The van der Waals surface area contributed by atoms with Gasteiger partial charge in [-0.2, -0.15) is 4.98 Å². The van der Waals surface area contributed by atoms with Crippen molar-refractivity contribution in [1.29, 1.82) is 0 Å². The smallest absolute Gasteiger partial charge is 0.207 e. The number of aromatic amines is 1. The number of hydrogen-bond acceptors (Lipinski definition) is 7. The molecule has 3 aromatic heterocycles. The molecular weight excluding hydrogens is 378 g/mol. The zero-order valence-corrected chi connectivity index (χ0v) is 16.0. The molecule has 0 aliphatic carbocycles. The van der Waals surface area contributed by atoms with Crippen LogP contribution in [0.1, 0.15) is 5.56 Å². The fraction of sp³-hybridized carbons (Fsp3) is 0.0909. The van der Waals surface area contributed by atoms with Gasteiger partial charge in [0.15, 0.2) is 11.5 Å². The largest absolute Gasteiger partial charge is 0.508 e. The molecule has 0 radical (unpaired) electrons. The van der Waals surface area contributed by atoms with Crippen LogP contribution >= 0.6 is 0 Å². The number of anilines is 3. The van der Waals surface area contributed by atoms with Crippen LogP contribution in [0.5, 0.6) is 5.75 Å². The molecule has 0 aliphatic heterocycles. The van der Waals surface area contributed by atoms with Gasteiger partial charge in [-0.3, -0.25) is 4.98 Å². The Morgan fingerprint density at radius 1 is 0.967 bits per heavy atom. The number of aromatic hydroxyl groups is 1. The van der Waals surface area contributed by atoms with E-state index in [1.165, 1.54) is 6.33 Å². The van der Waals surface area contributed by atoms with Gasteiger partial charge in [0.1, 0.15) is 17.6 Å². The van der Waals surface area contributed by atoms with Crippen LogP contribution in [0, 0.1) is 0 Å². The Morgan fingerprint density at radius 3 is 2.77 bits per heavy atom. The first-order chi connectivity index (χ1) is 14.7. The minimum atomic E-state index is 0.268. The van der Waals surface area contributed by atoms with Crippen molar-refractivity contribution in [1.82, 2.24) is 24.9 Å². The van der Waals surface area contributed by atoms with E-state index >= 15 is 0 Å². The maximum Gasteiger partial charge on any atom is 0.207 e. The molecular formula is C22H19N7O. The maximum absolute atomic E-state index is 9.39. The van der Waals surface area contributed by atoms with Crippen molar-refractivity contribution in [2.24, 2.45) is 0 Å². The standard InChI is InChI=1S/C22H19N7O/c30-17-6-3-14(4-7-17)9-11-24-20-19-21(26-13-25-20)29-22(28-19)27-16-5-8-18-15(12-16)2-1-10-23-18/h1-8,10,12-13,30H,9,11H2,(H3,24,25,26,27,28,29). The zero-order chi connectivity index (χ0) is 20.3. The SMILES string of the molecule is Oc1ccc(CCNc2ncnc3nc(Nc4ccc5ncccc5c4)[nH]c23)cc1. The highest BCUT2D eigenvalue weighted by Gasteiger charge is 2.10. The minimum Gasteiger partial charge on any atom is -0.508 e. The van der Waals surface area contributed by atoms with Gasteiger partial charge in [-0.1, -0.05) is 18.2 Å². The summed E-state index contributed by atoms with van der Waals surface area (Å²) in [4.78, 5) is 20.7. The number of hydrogen-bond donors (Lipinski definition) is 4. The van der Waals surface area contributed by atoms with Crippen LogP contribution in [0.25, 0.3) is 22.1 Å². The lowest BCUT2D eigenvalue weighted by Gasteiger charge is -2.06. The highest BCUT2D eigenvalue weighted by Crippen LogP contribution is 2.23. The lowest BCUT2D eigenvalue weighted by molar-refractivity contribution is 0.475. The topological polar surface area (TPSA) is 112 Å². The van der Waals surface area contributed by atoms with E-state index in [0.29, 0.717) is 24.0 Å². The van der Waals surface area contributed by atoms with Crippen molar-refractivity contribution in [3.05, 3.63) is 72.7 Å². The first kappa shape index (κ1) is 17.9. The monoisotopic (exact) mass is 397 g/mol. The number of phenolic OH excluding ortho intramolecular Hbond substituents is 1. The van der Waals surface area contributed by atoms with Crippen molar-refractivity contribution in [2.45, 2.75) is 6.42 Å². The van der Waals surface area contributed by atoms with Crippen LogP contribution in [0.4, 0.5) is 17.5 Å². The van der Waals surface area contributed by atoms with Gasteiger partial charge in [0.25, 0.3) is 0 Å². The number of nitrogens with zero attached hydrogens (tertiary/aromatic N) is 4. The molecule has 3 heterocycles. The molecule has 4 N–H and O–H groups in total. The molecule has 8 nitrogen and oxygen atoms in total. The number of fused-ring (bicyclic) bond motifs is 2. The van der Waals surface area contributed by atoms with Crippen molar-refractivity contribution < 1.29 is 5.11 Å². The molecule has 148 valence electrons. The Labute approximate surface area is 172 Å². The van der Waals surface area contributed by atoms with Gasteiger partial charge < -0.3 is 20.7 Å². The van der Waals surface area contributed by atoms with Gasteiger partial charge in [0, 0.05) is 23.8 Å². The fourth-order valence-corrected chi connectivity index (χ4v) is 3.30. The van der Waals surface area contributed by atoms with E-state index < -0.39 is 0 Å². The summed E-state index contributed by atoms with van der Waals surface area (Å²) >= 11 is 0. The summed E-state index contributed by atoms with van der Waals surface area (Å²) < 4.78 is 0. The van der Waals surface area contributed by atoms with Gasteiger partial charge >= 0.3 is 0 Å². The molecule has 2 aromatic carbocycles. The predicted octanol–water partition coefficient (Wildman–Crippen LogP) is 4.00. The Hall–Kier alpha value is -4.20. The maximum atomic E-state index is 9.39. The highest BCUT2D eigenvalue weighted by atomic mass is 16.3. The second kappa shape index (κ2) is 7.67. The zero-order valence-electron chi connectivity index (χ0n) is 16.0. The van der Waals surface area contributed by atoms with Crippen LogP contribution < -0.4 is 10.6 Å². The summed E-state index contributed by atoms with van der Waals surface area (Å²) in [5.74, 6) is 1.56. The number of nitrogens with one attached hydrogen (secondary N) is 3. The Bertz CT molecular complexity index is 1310. The molecule has 0 unspecified atom stereocenters. The molecule has 5 aromatic rings. The van der Waals surface area contributed by atoms with Crippen LogP contribution in [0.15, 0.2) is 67.1 Å². The van der Waals surface area contributed by atoms with Crippen LogP contribution in [-0.2, 0) is 6.42 Å². The van der Waals surface area contributed by atoms with E-state index in [0.717, 1.165) is 34.1 Å². The van der Waals surface area contributed by atoms with Gasteiger partial charge in [-0.15, -0.1) is 0 Å². The third kappa shape index (κ3) is 3.70. The van der Waals surface area contributed by atoms with E-state index in [4.69, 9.17) is 0 Å². The molecule has 0 bridgehead atoms. The molecule has 0 saturated carbocycles. The molecule has 8 heteroatoms. The first-order valence-corrected chi connectivity index (χ1v) is 9.59. The normalized spacial score (nSPS) is 11.1. The number of rotatable bonds is 6. The minimum absolute atomic E-state index is 0.268. The van der Waals surface area contributed by atoms with E-state index in [1.54, 1.807) is 18.3 Å². The highest BCUT2D eigenvalue weighted by molar-refractivity contribution is 5.86. The third-order valence-corrected chi connectivity index (χ3v) is 4.80. The Morgan fingerprint density at radius 2 is 1.87 bits per heavy atom. The number of phenols is 1. The van der Waals surface area contributed by atoms with Crippen molar-refractivity contribution in [3.8, 4) is 5.75 Å². The average molecular weight is 397 g/mol. The van der Waals surface area contributed by atoms with Crippen molar-refractivity contribution in [2.75, 3.05) is 17.2 Å². The van der Waals surface area contributed by atoms with E-state index in [1.807, 2.05) is 42.5 Å². The number of H-pyrrole nitrogens is 1. The summed E-state index contributed by atoms with van der Waals surface area (Å²) in [6, 6.07) is 17.1. The number of imidazole rings is 1. The number of aromatic nitrogens is 5. The molecule has 5 rings (SSSR count). The van der Waals surface area contributed by atoms with Gasteiger partial charge in [0.2, 0.25) is 5.95 Å². The summed E-state index contributed by atoms with van der Waals surface area (Å²) in [5, 5.41) is 17.1. The third-order valence-electron chi connectivity index (χ3n) is 4.80. The molecule has 0 aliphatic rings. The van der Waals surface area contributed by atoms with E-state index in [2.05, 4.69) is 35.6 Å². The Balaban J connectivity index is 1.33. The molecule has 30 heavy (non-hydrogen) atoms. The lowest BCUT2D eigenvalue weighted by atomic mass is 10.1. The fourth-order valence-electron chi connectivity index (χ4n) is 3.30. The van der Waals surface area contributed by atoms with Crippen LogP contribution in [0.3, 0.4) is 0 Å². The van der Waals surface area contributed by atoms with E-state index in [-0.39, 0.29) is 5.75 Å². The van der Waals surface area contributed by atoms with Gasteiger partial charge in [-0.25, -0.2) is 9.97 Å². The molecule has 0 fully saturated rings. The van der Waals surface area contributed by atoms with Crippen molar-refractivity contribution in [3.63, 3.8) is 0 Å². The summed E-state index contributed by atoms with van der Waals surface area (Å²) in [7, 11) is 0. The van der Waals surface area contributed by atoms with Crippen LogP contribution in [-0.4, -0.2) is 36.6 Å². The number of pyridine rings is 1. The lowest BCUT2D eigenvalue weighted by Crippen LogP contribution is -2.07. The van der Waals surface area contributed by atoms with Gasteiger partial charge in [0.05, 0.1) is 5.52 Å². The van der Waals surface area contributed by atoms with E-state index in [9.17, 15) is 5.11 Å². The predicted molar refractivity (Wildman–Crippen MR) is 117 cm³/mol. The van der Waals surface area contributed by atoms with Crippen LogP contribution in [0.2, 0.25) is 0 Å². The average Bonchev–Trinajstić information content (AvgIpc) is 3.18. The second-order valence-corrected chi connectivity index (χ2v) is 6.89. The quantitative estimate of drug-likeness (QED) is 0.343.